The van der Waals surface area contributed by atoms with Crippen molar-refractivity contribution in [1.82, 2.24) is 4.90 Å². The van der Waals surface area contributed by atoms with Crippen molar-refractivity contribution >= 4 is 5.71 Å². The molecule has 0 fully saturated rings. The summed E-state index contributed by atoms with van der Waals surface area (Å²) in [7, 11) is 2.05. The Labute approximate surface area is 113 Å². The number of allylic oxidation sites excluding steroid dienone is 4. The summed E-state index contributed by atoms with van der Waals surface area (Å²) in [5, 5.41) is 0. The zero-order valence-electron chi connectivity index (χ0n) is 13.1. The number of aliphatic imine (C=N–C) groups is 1. The van der Waals surface area contributed by atoms with E-state index in [0.717, 1.165) is 29.2 Å². The third-order valence-electron chi connectivity index (χ3n) is 2.76. The predicted molar refractivity (Wildman–Crippen MR) is 82.7 cm³/mol. The highest BCUT2D eigenvalue weighted by Gasteiger charge is 2.21. The number of hydrogen-bond donors (Lipinski definition) is 0. The number of nitrogens with zero attached hydrogens (tertiary/aromatic N) is 2. The van der Waals surface area contributed by atoms with Crippen LogP contribution in [0.25, 0.3) is 0 Å². The van der Waals surface area contributed by atoms with Crippen molar-refractivity contribution in [3.05, 3.63) is 36.3 Å². The molecule has 0 radical (unpaired) electrons. The maximum absolute atomic E-state index is 4.45. The summed E-state index contributed by atoms with van der Waals surface area (Å²) in [5.74, 6) is 0. The average Bonchev–Trinajstić information content (AvgIpc) is 2.21. The molecule has 0 aromatic heterocycles. The van der Waals surface area contributed by atoms with Crippen LogP contribution in [0.5, 0.6) is 0 Å². The fourth-order valence-corrected chi connectivity index (χ4v) is 1.71. The second-order valence-electron chi connectivity index (χ2n) is 5.69. The lowest BCUT2D eigenvalue weighted by atomic mass is 9.91. The lowest BCUT2D eigenvalue weighted by Gasteiger charge is -2.33. The van der Waals surface area contributed by atoms with Crippen LogP contribution in [0, 0.1) is 5.41 Å². The first-order valence-electron chi connectivity index (χ1n) is 6.45. The zero-order chi connectivity index (χ0) is 14.5. The van der Waals surface area contributed by atoms with Gasteiger partial charge in [-0.3, -0.25) is 4.99 Å². The molecule has 0 N–H and O–H groups in total. The van der Waals surface area contributed by atoms with E-state index in [2.05, 4.69) is 56.8 Å². The van der Waals surface area contributed by atoms with Gasteiger partial charge in [0.25, 0.3) is 0 Å². The van der Waals surface area contributed by atoms with Crippen LogP contribution >= 0.6 is 0 Å². The largest absolute Gasteiger partial charge is 0.347 e. The van der Waals surface area contributed by atoms with E-state index in [1.807, 2.05) is 20.9 Å². The summed E-state index contributed by atoms with van der Waals surface area (Å²) < 4.78 is 0. The topological polar surface area (TPSA) is 15.6 Å². The summed E-state index contributed by atoms with van der Waals surface area (Å²) in [5.41, 5.74) is 4.05. The molecule has 0 rings (SSSR count). The van der Waals surface area contributed by atoms with Crippen LogP contribution in [0.3, 0.4) is 0 Å². The van der Waals surface area contributed by atoms with Gasteiger partial charge in [-0.1, -0.05) is 46.9 Å². The van der Waals surface area contributed by atoms with Crippen molar-refractivity contribution in [3.63, 3.8) is 0 Å². The van der Waals surface area contributed by atoms with E-state index < -0.39 is 0 Å². The van der Waals surface area contributed by atoms with E-state index in [0.29, 0.717) is 0 Å². The summed E-state index contributed by atoms with van der Waals surface area (Å²) in [6, 6.07) is 0. The second kappa shape index (κ2) is 6.58. The van der Waals surface area contributed by atoms with E-state index in [1.54, 1.807) is 0 Å². The third kappa shape index (κ3) is 4.91. The highest BCUT2D eigenvalue weighted by atomic mass is 15.1. The van der Waals surface area contributed by atoms with Gasteiger partial charge in [-0.15, -0.1) is 0 Å². The SMILES string of the molecule is C=C(C)/N=C(C)\C(=C/CC)N(C)C(=C)C(C)(C)C. The van der Waals surface area contributed by atoms with Crippen LogP contribution in [-0.4, -0.2) is 17.7 Å². The van der Waals surface area contributed by atoms with Crippen molar-refractivity contribution in [1.29, 1.82) is 0 Å². The normalized spacial score (nSPS) is 13.5. The number of rotatable bonds is 5. The molecule has 0 aromatic carbocycles. The van der Waals surface area contributed by atoms with E-state index in [4.69, 9.17) is 0 Å². The lowest BCUT2D eigenvalue weighted by molar-refractivity contribution is 0.369. The molecule has 2 nitrogen and oxygen atoms in total. The Kier molecular flexibility index (Phi) is 6.10. The molecule has 0 unspecified atom stereocenters. The van der Waals surface area contributed by atoms with Gasteiger partial charge in [-0.25, -0.2) is 0 Å². The van der Waals surface area contributed by atoms with Gasteiger partial charge in [0.2, 0.25) is 0 Å². The maximum Gasteiger partial charge on any atom is 0.0608 e. The van der Waals surface area contributed by atoms with Gasteiger partial charge >= 0.3 is 0 Å². The molecule has 0 aromatic rings. The second-order valence-corrected chi connectivity index (χ2v) is 5.69. The number of hydrogen-bond acceptors (Lipinski definition) is 2. The first-order valence-corrected chi connectivity index (χ1v) is 6.45. The molecule has 0 amide bonds. The van der Waals surface area contributed by atoms with Crippen LogP contribution in [0.2, 0.25) is 0 Å². The van der Waals surface area contributed by atoms with Crippen LogP contribution in [0.4, 0.5) is 0 Å². The highest BCUT2D eigenvalue weighted by molar-refractivity contribution is 5.98. The van der Waals surface area contributed by atoms with Gasteiger partial charge in [0.05, 0.1) is 11.4 Å². The van der Waals surface area contributed by atoms with Gasteiger partial charge < -0.3 is 4.90 Å². The smallest absolute Gasteiger partial charge is 0.0608 e. The van der Waals surface area contributed by atoms with Gasteiger partial charge in [-0.05, 0) is 20.3 Å². The first kappa shape index (κ1) is 16.7. The average molecular weight is 248 g/mol. The third-order valence-corrected chi connectivity index (χ3v) is 2.76. The van der Waals surface area contributed by atoms with Crippen LogP contribution in [-0.2, 0) is 0 Å². The van der Waals surface area contributed by atoms with Crippen molar-refractivity contribution in [2.45, 2.75) is 48.0 Å². The summed E-state index contributed by atoms with van der Waals surface area (Å²) >= 11 is 0. The summed E-state index contributed by atoms with van der Waals surface area (Å²) in [4.78, 5) is 6.58. The first-order chi connectivity index (χ1) is 8.11. The van der Waals surface area contributed by atoms with Crippen LogP contribution < -0.4 is 0 Å². The van der Waals surface area contributed by atoms with E-state index in [9.17, 15) is 0 Å². The molecular weight excluding hydrogens is 220 g/mol. The van der Waals surface area contributed by atoms with Crippen molar-refractivity contribution in [2.24, 2.45) is 10.4 Å². The van der Waals surface area contributed by atoms with E-state index in [-0.39, 0.29) is 5.41 Å². The Bertz CT molecular complexity index is 378. The zero-order valence-corrected chi connectivity index (χ0v) is 13.1. The van der Waals surface area contributed by atoms with Crippen molar-refractivity contribution in [2.75, 3.05) is 7.05 Å². The molecule has 18 heavy (non-hydrogen) atoms. The molecule has 102 valence electrons. The lowest BCUT2D eigenvalue weighted by Crippen LogP contribution is -2.28. The highest BCUT2D eigenvalue weighted by Crippen LogP contribution is 2.28. The summed E-state index contributed by atoms with van der Waals surface area (Å²) in [6.07, 6.45) is 3.15. The quantitative estimate of drug-likeness (QED) is 0.640. The molecule has 0 aliphatic carbocycles. The van der Waals surface area contributed by atoms with Crippen molar-refractivity contribution in [3.8, 4) is 0 Å². The standard InChI is InChI=1S/C16H28N2/c1-10-11-15(13(4)17-12(2)3)18(9)14(5)16(6,7)8/h11H,2,5,10H2,1,3-4,6-9H3/b15-11+,17-13-. The minimum atomic E-state index is 0.0467. The predicted octanol–water partition coefficient (Wildman–Crippen LogP) is 4.77. The molecule has 0 saturated carbocycles. The molecule has 0 bridgehead atoms. The molecule has 0 saturated heterocycles. The molecule has 0 spiro atoms. The fourth-order valence-electron chi connectivity index (χ4n) is 1.71. The molecule has 0 aliphatic heterocycles. The Morgan fingerprint density at radius 1 is 1.22 bits per heavy atom. The molecular formula is C16H28N2. The van der Waals surface area contributed by atoms with Crippen molar-refractivity contribution < 1.29 is 0 Å². The summed E-state index contributed by atoms with van der Waals surface area (Å²) in [6.45, 7) is 20.6. The molecule has 0 aliphatic rings. The maximum atomic E-state index is 4.45. The minimum absolute atomic E-state index is 0.0467. The van der Waals surface area contributed by atoms with E-state index in [1.165, 1.54) is 0 Å². The molecule has 0 heterocycles. The molecule has 2 heteroatoms. The van der Waals surface area contributed by atoms with Gasteiger partial charge in [0.15, 0.2) is 0 Å². The van der Waals surface area contributed by atoms with Gasteiger partial charge in [0, 0.05) is 23.9 Å². The van der Waals surface area contributed by atoms with Crippen LogP contribution in [0.15, 0.2) is 41.3 Å². The minimum Gasteiger partial charge on any atom is -0.347 e. The Morgan fingerprint density at radius 3 is 2.06 bits per heavy atom. The fraction of sp³-hybridized carbons (Fsp3) is 0.562. The Morgan fingerprint density at radius 2 is 1.72 bits per heavy atom. The van der Waals surface area contributed by atoms with Gasteiger partial charge in [-0.2, -0.15) is 0 Å². The Hall–Kier alpha value is -1.31. The van der Waals surface area contributed by atoms with E-state index >= 15 is 0 Å². The van der Waals surface area contributed by atoms with Gasteiger partial charge in [0.1, 0.15) is 0 Å². The Balaban J connectivity index is 5.35. The van der Waals surface area contributed by atoms with Crippen LogP contribution in [0.1, 0.15) is 48.0 Å². The monoisotopic (exact) mass is 248 g/mol. The molecule has 0 atom stereocenters.